The first-order valence-electron chi connectivity index (χ1n) is 8.43. The Morgan fingerprint density at radius 2 is 1.29 bits per heavy atom. The van der Waals surface area contributed by atoms with Crippen LogP contribution in [-0.2, 0) is 13.3 Å². The summed E-state index contributed by atoms with van der Waals surface area (Å²) in [5.74, 6) is 0.784. The summed E-state index contributed by atoms with van der Waals surface area (Å²) in [5, 5.41) is 3.48. The molecule has 128 valence electrons. The van der Waals surface area contributed by atoms with Gasteiger partial charge in [-0.3, -0.25) is 0 Å². The van der Waals surface area contributed by atoms with Gasteiger partial charge in [0.05, 0.1) is 0 Å². The number of halogens is 1. The number of hydrogen-bond donors (Lipinski definition) is 1. The van der Waals surface area contributed by atoms with Crippen molar-refractivity contribution in [2.24, 2.45) is 0 Å². The lowest BCUT2D eigenvalue weighted by Crippen LogP contribution is -2.46. The van der Waals surface area contributed by atoms with Crippen molar-refractivity contribution < 1.29 is 13.3 Å². The second kappa shape index (κ2) is 15.3. The van der Waals surface area contributed by atoms with E-state index >= 15 is 0 Å². The maximum absolute atomic E-state index is 5.84. The van der Waals surface area contributed by atoms with E-state index in [0.717, 1.165) is 37.9 Å². The van der Waals surface area contributed by atoms with E-state index in [9.17, 15) is 0 Å². The smallest absolute Gasteiger partial charge is 0.374 e. The van der Waals surface area contributed by atoms with E-state index in [1.165, 1.54) is 19.3 Å². The van der Waals surface area contributed by atoms with Gasteiger partial charge in [-0.25, -0.2) is 0 Å². The van der Waals surface area contributed by atoms with Crippen LogP contribution in [0.1, 0.15) is 52.9 Å². The summed E-state index contributed by atoms with van der Waals surface area (Å²) in [4.78, 5) is 0. The molecule has 0 aliphatic carbocycles. The highest BCUT2D eigenvalue weighted by molar-refractivity contribution is 6.60. The third-order valence-corrected chi connectivity index (χ3v) is 6.59. The molecule has 0 aliphatic heterocycles. The molecule has 0 amide bonds. The molecular formula is C15H34ClNO3Si. The van der Waals surface area contributed by atoms with Crippen molar-refractivity contribution in [3.8, 4) is 0 Å². The summed E-state index contributed by atoms with van der Waals surface area (Å²) >= 11 is 5.66. The molecule has 0 atom stereocenters. The van der Waals surface area contributed by atoms with E-state index in [1.807, 2.05) is 20.8 Å². The van der Waals surface area contributed by atoms with E-state index in [4.69, 9.17) is 24.9 Å². The first-order chi connectivity index (χ1) is 10.2. The Hall–Kier alpha value is 0.347. The lowest BCUT2D eigenvalue weighted by atomic mass is 10.2. The number of hydrogen-bond acceptors (Lipinski definition) is 4. The second-order valence-corrected chi connectivity index (χ2v) is 8.05. The SMILES string of the molecule is CCO[Si](CCCNCCCCCCCl)(OCC)OCC. The van der Waals surface area contributed by atoms with Gasteiger partial charge in [0.25, 0.3) is 0 Å². The molecule has 0 radical (unpaired) electrons. The van der Waals surface area contributed by atoms with Crippen LogP contribution >= 0.6 is 11.6 Å². The fourth-order valence-corrected chi connectivity index (χ4v) is 5.06. The van der Waals surface area contributed by atoms with Crippen LogP contribution in [0, 0.1) is 0 Å². The van der Waals surface area contributed by atoms with Crippen LogP contribution in [0.15, 0.2) is 0 Å². The molecule has 0 saturated heterocycles. The lowest BCUT2D eigenvalue weighted by Gasteiger charge is -2.28. The maximum atomic E-state index is 5.84. The van der Waals surface area contributed by atoms with Gasteiger partial charge in [-0.1, -0.05) is 12.8 Å². The monoisotopic (exact) mass is 339 g/mol. The Labute approximate surface area is 137 Å². The molecule has 0 spiro atoms. The zero-order chi connectivity index (χ0) is 15.8. The minimum Gasteiger partial charge on any atom is -0.374 e. The standard InChI is InChI=1S/C15H34ClNO3Si/c1-4-18-21(19-5-2,20-6-3)15-11-14-17-13-10-8-7-9-12-16/h17H,4-15H2,1-3H3. The summed E-state index contributed by atoms with van der Waals surface area (Å²) in [6, 6.07) is 0.891. The van der Waals surface area contributed by atoms with Gasteiger partial charge in [0.15, 0.2) is 0 Å². The average Bonchev–Trinajstić information content (AvgIpc) is 2.46. The molecule has 0 fully saturated rings. The highest BCUT2D eigenvalue weighted by Gasteiger charge is 2.39. The van der Waals surface area contributed by atoms with E-state index in [1.54, 1.807) is 0 Å². The largest absolute Gasteiger partial charge is 0.500 e. The summed E-state index contributed by atoms with van der Waals surface area (Å²) in [7, 11) is -2.44. The molecule has 1 N–H and O–H groups in total. The Morgan fingerprint density at radius 1 is 0.762 bits per heavy atom. The Bertz CT molecular complexity index is 206. The van der Waals surface area contributed by atoms with Gasteiger partial charge in [-0.05, 0) is 53.1 Å². The number of rotatable bonds is 16. The molecule has 0 heterocycles. The molecule has 21 heavy (non-hydrogen) atoms. The summed E-state index contributed by atoms with van der Waals surface area (Å²) < 4.78 is 17.5. The van der Waals surface area contributed by atoms with Crippen molar-refractivity contribution in [1.29, 1.82) is 0 Å². The van der Waals surface area contributed by atoms with Gasteiger partial charge in [-0.2, -0.15) is 0 Å². The summed E-state index contributed by atoms with van der Waals surface area (Å²) in [6.45, 7) is 10.0. The van der Waals surface area contributed by atoms with E-state index in [2.05, 4.69) is 5.32 Å². The first kappa shape index (κ1) is 21.3. The van der Waals surface area contributed by atoms with Crippen LogP contribution in [0.5, 0.6) is 0 Å². The van der Waals surface area contributed by atoms with Crippen molar-refractivity contribution in [2.45, 2.75) is 58.9 Å². The molecule has 0 saturated carbocycles. The lowest BCUT2D eigenvalue weighted by molar-refractivity contribution is 0.0708. The molecule has 0 rings (SSSR count). The molecule has 0 aromatic rings. The molecule has 4 nitrogen and oxygen atoms in total. The molecule has 0 unspecified atom stereocenters. The zero-order valence-electron chi connectivity index (χ0n) is 14.1. The molecule has 0 aromatic carbocycles. The van der Waals surface area contributed by atoms with Crippen LogP contribution in [0.25, 0.3) is 0 Å². The minimum absolute atomic E-state index is 0.653. The van der Waals surface area contributed by atoms with Crippen molar-refractivity contribution >= 4 is 20.4 Å². The molecular weight excluding hydrogens is 306 g/mol. The zero-order valence-corrected chi connectivity index (χ0v) is 15.8. The highest BCUT2D eigenvalue weighted by Crippen LogP contribution is 2.17. The number of nitrogens with one attached hydrogen (secondary N) is 1. The molecule has 0 bridgehead atoms. The van der Waals surface area contributed by atoms with Gasteiger partial charge in [-0.15, -0.1) is 11.6 Å². The number of unbranched alkanes of at least 4 members (excludes halogenated alkanes) is 3. The van der Waals surface area contributed by atoms with Crippen LogP contribution in [0.2, 0.25) is 6.04 Å². The van der Waals surface area contributed by atoms with Gasteiger partial charge >= 0.3 is 8.80 Å². The predicted octanol–water partition coefficient (Wildman–Crippen LogP) is 3.81. The molecule has 6 heteroatoms. The Morgan fingerprint density at radius 3 is 1.81 bits per heavy atom. The van der Waals surface area contributed by atoms with E-state index in [0.29, 0.717) is 19.8 Å². The minimum atomic E-state index is -2.44. The van der Waals surface area contributed by atoms with Crippen molar-refractivity contribution in [2.75, 3.05) is 38.8 Å². The average molecular weight is 340 g/mol. The normalized spacial score (nSPS) is 12.0. The van der Waals surface area contributed by atoms with Crippen LogP contribution < -0.4 is 5.32 Å². The predicted molar refractivity (Wildman–Crippen MR) is 92.1 cm³/mol. The fraction of sp³-hybridized carbons (Fsp3) is 1.00. The van der Waals surface area contributed by atoms with Gasteiger partial charge in [0, 0.05) is 31.7 Å². The fourth-order valence-electron chi connectivity index (χ4n) is 2.25. The Balaban J connectivity index is 3.76. The summed E-state index contributed by atoms with van der Waals surface area (Å²) in [6.07, 6.45) is 5.89. The van der Waals surface area contributed by atoms with Gasteiger partial charge in [0.1, 0.15) is 0 Å². The highest BCUT2D eigenvalue weighted by atomic mass is 35.5. The number of alkyl halides is 1. The Kier molecular flexibility index (Phi) is 15.5. The van der Waals surface area contributed by atoms with Crippen LogP contribution in [-0.4, -0.2) is 47.6 Å². The van der Waals surface area contributed by atoms with Crippen molar-refractivity contribution in [3.63, 3.8) is 0 Å². The quantitative estimate of drug-likeness (QED) is 0.264. The second-order valence-electron chi connectivity index (χ2n) is 4.94. The van der Waals surface area contributed by atoms with E-state index < -0.39 is 8.80 Å². The van der Waals surface area contributed by atoms with Crippen LogP contribution in [0.4, 0.5) is 0 Å². The third-order valence-electron chi connectivity index (χ3n) is 3.17. The maximum Gasteiger partial charge on any atom is 0.500 e. The van der Waals surface area contributed by atoms with Crippen LogP contribution in [0.3, 0.4) is 0 Å². The van der Waals surface area contributed by atoms with Gasteiger partial charge < -0.3 is 18.6 Å². The van der Waals surface area contributed by atoms with Crippen molar-refractivity contribution in [1.82, 2.24) is 5.32 Å². The van der Waals surface area contributed by atoms with Gasteiger partial charge in [0.2, 0.25) is 0 Å². The summed E-state index contributed by atoms with van der Waals surface area (Å²) in [5.41, 5.74) is 0. The molecule has 0 aliphatic rings. The first-order valence-corrected chi connectivity index (χ1v) is 10.9. The van der Waals surface area contributed by atoms with E-state index in [-0.39, 0.29) is 0 Å². The third kappa shape index (κ3) is 11.6. The topological polar surface area (TPSA) is 39.7 Å². The van der Waals surface area contributed by atoms with Crippen molar-refractivity contribution in [3.05, 3.63) is 0 Å². The molecule has 0 aromatic heterocycles.